The average Bonchev–Trinajstić information content (AvgIpc) is 2.37. The number of allylic oxidation sites excluding steroid dienone is 5. The number of ketones is 1. The maximum absolute atomic E-state index is 11.8. The highest BCUT2D eigenvalue weighted by molar-refractivity contribution is 5.96. The average molecular weight is 226 g/mol. The van der Waals surface area contributed by atoms with Crippen LogP contribution in [0.5, 0.6) is 0 Å². The van der Waals surface area contributed by atoms with E-state index in [1.165, 1.54) is 5.57 Å². The second kappa shape index (κ2) is 7.39. The highest BCUT2D eigenvalue weighted by atomic mass is 16.1. The zero-order valence-corrected chi connectivity index (χ0v) is 10.2. The lowest BCUT2D eigenvalue weighted by atomic mass is 10.0. The van der Waals surface area contributed by atoms with Gasteiger partial charge in [-0.25, -0.2) is 0 Å². The fourth-order valence-electron chi connectivity index (χ4n) is 1.46. The van der Waals surface area contributed by atoms with Crippen LogP contribution in [0, 0.1) is 0 Å². The van der Waals surface area contributed by atoms with Crippen LogP contribution in [0.3, 0.4) is 0 Å². The molecule has 17 heavy (non-hydrogen) atoms. The normalized spacial score (nSPS) is 11.7. The second-order valence-electron chi connectivity index (χ2n) is 3.92. The van der Waals surface area contributed by atoms with Crippen LogP contribution in [0.15, 0.2) is 66.8 Å². The van der Waals surface area contributed by atoms with Gasteiger partial charge in [0.25, 0.3) is 0 Å². The van der Waals surface area contributed by atoms with Gasteiger partial charge in [-0.1, -0.05) is 66.8 Å². The van der Waals surface area contributed by atoms with Crippen molar-refractivity contribution in [1.29, 1.82) is 0 Å². The van der Waals surface area contributed by atoms with Gasteiger partial charge in [-0.3, -0.25) is 4.79 Å². The van der Waals surface area contributed by atoms with Crippen molar-refractivity contribution in [3.63, 3.8) is 0 Å². The van der Waals surface area contributed by atoms with Crippen molar-refractivity contribution in [2.75, 3.05) is 0 Å². The lowest BCUT2D eigenvalue weighted by molar-refractivity contribution is 0.0983. The van der Waals surface area contributed by atoms with Crippen molar-refractivity contribution in [1.82, 2.24) is 0 Å². The first-order valence-corrected chi connectivity index (χ1v) is 5.77. The summed E-state index contributed by atoms with van der Waals surface area (Å²) in [6.07, 6.45) is 8.93. The number of benzene rings is 1. The maximum atomic E-state index is 11.8. The molecule has 0 radical (unpaired) electrons. The lowest BCUT2D eigenvalue weighted by Crippen LogP contribution is -1.98. The molecule has 0 aliphatic rings. The van der Waals surface area contributed by atoms with Crippen LogP contribution in [0.2, 0.25) is 0 Å². The molecule has 0 heterocycles. The van der Waals surface area contributed by atoms with Crippen LogP contribution < -0.4 is 0 Å². The van der Waals surface area contributed by atoms with Crippen molar-refractivity contribution in [2.24, 2.45) is 0 Å². The van der Waals surface area contributed by atoms with Gasteiger partial charge >= 0.3 is 0 Å². The monoisotopic (exact) mass is 226 g/mol. The quantitative estimate of drug-likeness (QED) is 0.521. The van der Waals surface area contributed by atoms with E-state index in [1.807, 2.05) is 55.5 Å². The first-order valence-electron chi connectivity index (χ1n) is 5.77. The molecule has 0 spiro atoms. The standard InChI is InChI=1S/C16H18O/c1-3-4-6-9-14(2)12-13-16(17)15-10-7-5-8-11-15/h3-11H,1,12-13H2,2H3/b6-4-,14-9+. The Hall–Kier alpha value is -1.89. The molecule has 0 atom stereocenters. The summed E-state index contributed by atoms with van der Waals surface area (Å²) in [5.41, 5.74) is 1.99. The van der Waals surface area contributed by atoms with Crippen molar-refractivity contribution < 1.29 is 4.79 Å². The molecule has 88 valence electrons. The molecular weight excluding hydrogens is 208 g/mol. The first-order chi connectivity index (χ1) is 8.24. The number of carbonyl (C=O) groups excluding carboxylic acids is 1. The molecule has 0 aromatic heterocycles. The lowest BCUT2D eigenvalue weighted by Gasteiger charge is -2.01. The van der Waals surface area contributed by atoms with Gasteiger partial charge in [0.15, 0.2) is 5.78 Å². The maximum Gasteiger partial charge on any atom is 0.163 e. The molecule has 0 N–H and O–H groups in total. The van der Waals surface area contributed by atoms with E-state index in [1.54, 1.807) is 6.08 Å². The van der Waals surface area contributed by atoms with Gasteiger partial charge in [-0.2, -0.15) is 0 Å². The van der Waals surface area contributed by atoms with E-state index in [0.717, 1.165) is 12.0 Å². The fourth-order valence-corrected chi connectivity index (χ4v) is 1.46. The topological polar surface area (TPSA) is 17.1 Å². The van der Waals surface area contributed by atoms with Crippen molar-refractivity contribution in [3.8, 4) is 0 Å². The third kappa shape index (κ3) is 5.12. The number of carbonyl (C=O) groups is 1. The zero-order chi connectivity index (χ0) is 12.5. The van der Waals surface area contributed by atoms with Gasteiger partial charge in [0, 0.05) is 12.0 Å². The third-order valence-corrected chi connectivity index (χ3v) is 2.47. The van der Waals surface area contributed by atoms with Crippen LogP contribution in [0.4, 0.5) is 0 Å². The molecule has 0 amide bonds. The molecule has 0 unspecified atom stereocenters. The Morgan fingerprint density at radius 3 is 2.53 bits per heavy atom. The Bertz CT molecular complexity index is 424. The first kappa shape index (κ1) is 13.2. The Morgan fingerprint density at radius 2 is 1.88 bits per heavy atom. The number of hydrogen-bond donors (Lipinski definition) is 0. The van der Waals surface area contributed by atoms with E-state index in [4.69, 9.17) is 0 Å². The number of hydrogen-bond acceptors (Lipinski definition) is 1. The van der Waals surface area contributed by atoms with Crippen LogP contribution in [-0.2, 0) is 0 Å². The highest BCUT2D eigenvalue weighted by Gasteiger charge is 2.04. The van der Waals surface area contributed by atoms with Gasteiger partial charge in [0.1, 0.15) is 0 Å². The van der Waals surface area contributed by atoms with E-state index in [2.05, 4.69) is 6.58 Å². The van der Waals surface area contributed by atoms with Gasteiger partial charge < -0.3 is 0 Å². The molecule has 0 saturated carbocycles. The Kier molecular flexibility index (Phi) is 5.73. The smallest absolute Gasteiger partial charge is 0.163 e. The van der Waals surface area contributed by atoms with Gasteiger partial charge in [0.2, 0.25) is 0 Å². The van der Waals surface area contributed by atoms with E-state index >= 15 is 0 Å². The largest absolute Gasteiger partial charge is 0.294 e. The summed E-state index contributed by atoms with van der Waals surface area (Å²) >= 11 is 0. The molecule has 0 fully saturated rings. The second-order valence-corrected chi connectivity index (χ2v) is 3.92. The van der Waals surface area contributed by atoms with Gasteiger partial charge in [-0.15, -0.1) is 0 Å². The molecule has 1 nitrogen and oxygen atoms in total. The van der Waals surface area contributed by atoms with Gasteiger partial charge in [-0.05, 0) is 13.3 Å². The molecule has 0 bridgehead atoms. The SMILES string of the molecule is C=C/C=C\C=C(/C)CCC(=O)c1ccccc1. The summed E-state index contributed by atoms with van der Waals surface area (Å²) in [6, 6.07) is 9.42. The Balaban J connectivity index is 2.46. The Morgan fingerprint density at radius 1 is 1.18 bits per heavy atom. The van der Waals surface area contributed by atoms with E-state index in [-0.39, 0.29) is 5.78 Å². The molecule has 1 heteroatoms. The minimum Gasteiger partial charge on any atom is -0.294 e. The molecule has 1 aromatic rings. The minimum atomic E-state index is 0.200. The van der Waals surface area contributed by atoms with E-state index in [9.17, 15) is 4.79 Å². The van der Waals surface area contributed by atoms with E-state index in [0.29, 0.717) is 6.42 Å². The summed E-state index contributed by atoms with van der Waals surface area (Å²) < 4.78 is 0. The predicted octanol–water partition coefficient (Wildman–Crippen LogP) is 4.34. The molecule has 1 aromatic carbocycles. The fraction of sp³-hybridized carbons (Fsp3) is 0.188. The highest BCUT2D eigenvalue weighted by Crippen LogP contribution is 2.10. The van der Waals surface area contributed by atoms with Crippen molar-refractivity contribution >= 4 is 5.78 Å². The van der Waals surface area contributed by atoms with Crippen LogP contribution in [0.25, 0.3) is 0 Å². The third-order valence-electron chi connectivity index (χ3n) is 2.47. The van der Waals surface area contributed by atoms with Gasteiger partial charge in [0.05, 0.1) is 0 Å². The summed E-state index contributed by atoms with van der Waals surface area (Å²) in [7, 11) is 0. The van der Waals surface area contributed by atoms with Crippen LogP contribution in [-0.4, -0.2) is 5.78 Å². The summed E-state index contributed by atoms with van der Waals surface area (Å²) in [5.74, 6) is 0.200. The molecule has 0 aliphatic carbocycles. The van der Waals surface area contributed by atoms with E-state index < -0.39 is 0 Å². The predicted molar refractivity (Wildman–Crippen MR) is 73.1 cm³/mol. The molecule has 0 saturated heterocycles. The minimum absolute atomic E-state index is 0.200. The summed E-state index contributed by atoms with van der Waals surface area (Å²) in [5, 5.41) is 0. The zero-order valence-electron chi connectivity index (χ0n) is 10.2. The summed E-state index contributed by atoms with van der Waals surface area (Å²) in [4.78, 5) is 11.8. The van der Waals surface area contributed by atoms with Crippen LogP contribution >= 0.6 is 0 Å². The van der Waals surface area contributed by atoms with Crippen LogP contribution in [0.1, 0.15) is 30.1 Å². The number of Topliss-reactive ketones (excluding diaryl/α,β-unsaturated/α-hetero) is 1. The molecule has 1 rings (SSSR count). The van der Waals surface area contributed by atoms with Crippen molar-refractivity contribution in [2.45, 2.75) is 19.8 Å². The Labute approximate surface area is 103 Å². The molecule has 0 aliphatic heterocycles. The molecular formula is C16H18O. The summed E-state index contributed by atoms with van der Waals surface area (Å²) in [6.45, 7) is 5.63. The number of rotatable bonds is 6. The van der Waals surface area contributed by atoms with Crippen molar-refractivity contribution in [3.05, 3.63) is 72.4 Å².